The highest BCUT2D eigenvalue weighted by atomic mass is 16.7. The number of fused-ring (bicyclic) bond motifs is 1. The second-order valence-corrected chi connectivity index (χ2v) is 4.95. The minimum absolute atomic E-state index is 0.0614. The topological polar surface area (TPSA) is 55.8 Å². The molecular formula is C13H16O4. The Morgan fingerprint density at radius 3 is 2.65 bits per heavy atom. The van der Waals surface area contributed by atoms with Crippen LogP contribution >= 0.6 is 0 Å². The first kappa shape index (κ1) is 11.8. The van der Waals surface area contributed by atoms with Crippen LogP contribution in [0.25, 0.3) is 0 Å². The predicted octanol–water partition coefficient (Wildman–Crippen LogP) is 2.48. The summed E-state index contributed by atoms with van der Waals surface area (Å²) >= 11 is 0. The summed E-state index contributed by atoms with van der Waals surface area (Å²) < 4.78 is 10.9. The van der Waals surface area contributed by atoms with E-state index in [1.165, 1.54) is 0 Å². The molecule has 0 bridgehead atoms. The lowest BCUT2D eigenvalue weighted by atomic mass is 9.80. The molecule has 0 spiro atoms. The van der Waals surface area contributed by atoms with Gasteiger partial charge in [-0.2, -0.15) is 0 Å². The van der Waals surface area contributed by atoms with Crippen molar-refractivity contribution < 1.29 is 19.4 Å². The first-order valence-corrected chi connectivity index (χ1v) is 5.53. The van der Waals surface area contributed by atoms with E-state index in [0.717, 1.165) is 16.9 Å². The number of benzene rings is 1. The van der Waals surface area contributed by atoms with Crippen LogP contribution < -0.4 is 9.47 Å². The Balaban J connectivity index is 2.46. The van der Waals surface area contributed by atoms with Gasteiger partial charge in [-0.1, -0.05) is 26.0 Å². The monoisotopic (exact) mass is 236 g/mol. The number of aliphatic carboxylic acids is 1. The molecule has 1 aromatic carbocycles. The standard InChI is InChI=1S/C13H16O4/c1-8-4-5-9(12-11(8)16-7-17-12)13(2,3)6-10(14)15/h4-5H,6-7H2,1-3H3,(H,14,15). The number of ether oxygens (including phenoxy) is 2. The van der Waals surface area contributed by atoms with Gasteiger partial charge in [0.15, 0.2) is 11.5 Å². The van der Waals surface area contributed by atoms with Crippen LogP contribution in [0.3, 0.4) is 0 Å². The summed E-state index contributed by atoms with van der Waals surface area (Å²) in [5.41, 5.74) is 1.42. The van der Waals surface area contributed by atoms with Crippen molar-refractivity contribution in [2.45, 2.75) is 32.6 Å². The van der Waals surface area contributed by atoms with E-state index in [-0.39, 0.29) is 13.2 Å². The van der Waals surface area contributed by atoms with Crippen molar-refractivity contribution in [3.8, 4) is 11.5 Å². The zero-order valence-corrected chi connectivity index (χ0v) is 10.2. The lowest BCUT2D eigenvalue weighted by molar-refractivity contribution is -0.138. The normalized spacial score (nSPS) is 13.8. The fraction of sp³-hybridized carbons (Fsp3) is 0.462. The Labute approximate surface area is 100 Å². The largest absolute Gasteiger partial charge is 0.481 e. The number of aryl methyl sites for hydroxylation is 1. The summed E-state index contributed by atoms with van der Waals surface area (Å²) in [5.74, 6) is 0.612. The van der Waals surface area contributed by atoms with Gasteiger partial charge in [-0.25, -0.2) is 0 Å². The van der Waals surface area contributed by atoms with Crippen LogP contribution in [0.1, 0.15) is 31.4 Å². The SMILES string of the molecule is Cc1ccc(C(C)(C)CC(=O)O)c2c1OCO2. The second-order valence-electron chi connectivity index (χ2n) is 4.95. The molecule has 0 saturated carbocycles. The van der Waals surface area contributed by atoms with Gasteiger partial charge >= 0.3 is 5.97 Å². The summed E-state index contributed by atoms with van der Waals surface area (Å²) in [6.45, 7) is 5.94. The summed E-state index contributed by atoms with van der Waals surface area (Å²) in [6.07, 6.45) is 0.0614. The molecule has 0 saturated heterocycles. The molecule has 0 amide bonds. The number of carboxylic acids is 1. The van der Waals surface area contributed by atoms with Crippen molar-refractivity contribution in [1.29, 1.82) is 0 Å². The van der Waals surface area contributed by atoms with Crippen molar-refractivity contribution in [3.63, 3.8) is 0 Å². The number of carboxylic acid groups (broad SMARTS) is 1. The summed E-state index contributed by atoms with van der Waals surface area (Å²) in [4.78, 5) is 10.9. The van der Waals surface area contributed by atoms with Crippen molar-refractivity contribution in [3.05, 3.63) is 23.3 Å². The Morgan fingerprint density at radius 2 is 2.00 bits per heavy atom. The maximum atomic E-state index is 10.9. The first-order chi connectivity index (χ1) is 7.92. The fourth-order valence-electron chi connectivity index (χ4n) is 2.14. The van der Waals surface area contributed by atoms with Gasteiger partial charge in [0.2, 0.25) is 6.79 Å². The van der Waals surface area contributed by atoms with Crippen LogP contribution in [0.15, 0.2) is 12.1 Å². The number of carbonyl (C=O) groups is 1. The Morgan fingerprint density at radius 1 is 1.35 bits per heavy atom. The maximum Gasteiger partial charge on any atom is 0.304 e. The Bertz CT molecular complexity index is 463. The molecule has 0 aromatic heterocycles. The molecule has 4 nitrogen and oxygen atoms in total. The highest BCUT2D eigenvalue weighted by molar-refractivity contribution is 5.70. The van der Waals surface area contributed by atoms with E-state index < -0.39 is 11.4 Å². The van der Waals surface area contributed by atoms with E-state index in [0.29, 0.717) is 5.75 Å². The van der Waals surface area contributed by atoms with Crippen molar-refractivity contribution in [2.24, 2.45) is 0 Å². The summed E-state index contributed by atoms with van der Waals surface area (Å²) in [7, 11) is 0. The Hall–Kier alpha value is -1.71. The van der Waals surface area contributed by atoms with E-state index in [4.69, 9.17) is 14.6 Å². The molecule has 1 aliphatic heterocycles. The van der Waals surface area contributed by atoms with Gasteiger partial charge in [0.1, 0.15) is 0 Å². The van der Waals surface area contributed by atoms with E-state index in [1.54, 1.807) is 0 Å². The molecule has 4 heteroatoms. The third kappa shape index (κ3) is 2.07. The fourth-order valence-corrected chi connectivity index (χ4v) is 2.14. The molecule has 17 heavy (non-hydrogen) atoms. The molecule has 0 unspecified atom stereocenters. The highest BCUT2D eigenvalue weighted by Crippen LogP contribution is 2.44. The van der Waals surface area contributed by atoms with E-state index in [2.05, 4.69) is 0 Å². The lowest BCUT2D eigenvalue weighted by Gasteiger charge is -2.24. The lowest BCUT2D eigenvalue weighted by Crippen LogP contribution is -2.22. The molecule has 1 N–H and O–H groups in total. The maximum absolute atomic E-state index is 10.9. The smallest absolute Gasteiger partial charge is 0.304 e. The molecule has 0 radical (unpaired) electrons. The third-order valence-electron chi connectivity index (χ3n) is 3.04. The van der Waals surface area contributed by atoms with Crippen LogP contribution in [-0.2, 0) is 10.2 Å². The van der Waals surface area contributed by atoms with Gasteiger partial charge < -0.3 is 14.6 Å². The quantitative estimate of drug-likeness (QED) is 0.875. The number of hydrogen-bond acceptors (Lipinski definition) is 3. The van der Waals surface area contributed by atoms with Crippen LogP contribution in [0, 0.1) is 6.92 Å². The summed E-state index contributed by atoms with van der Waals surface area (Å²) in [5, 5.41) is 8.94. The van der Waals surface area contributed by atoms with Gasteiger partial charge in [0.25, 0.3) is 0 Å². The highest BCUT2D eigenvalue weighted by Gasteiger charge is 2.31. The van der Waals surface area contributed by atoms with Gasteiger partial charge in [-0.3, -0.25) is 4.79 Å². The molecule has 1 aromatic rings. The van der Waals surface area contributed by atoms with Crippen molar-refractivity contribution in [2.75, 3.05) is 6.79 Å². The average molecular weight is 236 g/mol. The zero-order valence-electron chi connectivity index (χ0n) is 10.2. The molecule has 0 fully saturated rings. The van der Waals surface area contributed by atoms with Crippen molar-refractivity contribution >= 4 is 5.97 Å². The van der Waals surface area contributed by atoms with Gasteiger partial charge in [0, 0.05) is 11.0 Å². The zero-order chi connectivity index (χ0) is 12.6. The van der Waals surface area contributed by atoms with Crippen LogP contribution in [-0.4, -0.2) is 17.9 Å². The summed E-state index contributed by atoms with van der Waals surface area (Å²) in [6, 6.07) is 3.86. The van der Waals surface area contributed by atoms with Crippen LogP contribution in [0.4, 0.5) is 0 Å². The first-order valence-electron chi connectivity index (χ1n) is 5.53. The predicted molar refractivity (Wildman–Crippen MR) is 62.6 cm³/mol. The third-order valence-corrected chi connectivity index (χ3v) is 3.04. The van der Waals surface area contributed by atoms with Crippen LogP contribution in [0.5, 0.6) is 11.5 Å². The van der Waals surface area contributed by atoms with Crippen LogP contribution in [0.2, 0.25) is 0 Å². The van der Waals surface area contributed by atoms with Gasteiger partial charge in [0.05, 0.1) is 6.42 Å². The average Bonchev–Trinajstić information content (AvgIpc) is 2.64. The second kappa shape index (κ2) is 3.95. The molecule has 92 valence electrons. The Kier molecular flexibility index (Phi) is 2.73. The van der Waals surface area contributed by atoms with Gasteiger partial charge in [-0.05, 0) is 12.5 Å². The molecule has 0 aliphatic carbocycles. The number of hydrogen-bond donors (Lipinski definition) is 1. The minimum Gasteiger partial charge on any atom is -0.481 e. The van der Waals surface area contributed by atoms with E-state index in [9.17, 15) is 4.79 Å². The minimum atomic E-state index is -0.816. The molecule has 2 rings (SSSR count). The molecular weight excluding hydrogens is 220 g/mol. The van der Waals surface area contributed by atoms with E-state index in [1.807, 2.05) is 32.9 Å². The van der Waals surface area contributed by atoms with Crippen molar-refractivity contribution in [1.82, 2.24) is 0 Å². The molecule has 1 aliphatic rings. The molecule has 1 heterocycles. The number of rotatable bonds is 3. The molecule has 0 atom stereocenters. The van der Waals surface area contributed by atoms with Gasteiger partial charge in [-0.15, -0.1) is 0 Å². The van der Waals surface area contributed by atoms with E-state index >= 15 is 0 Å².